The third-order valence-corrected chi connectivity index (χ3v) is 5.22. The molecule has 0 radical (unpaired) electrons. The number of hydrogen-bond donors (Lipinski definition) is 1. The van der Waals surface area contributed by atoms with Gasteiger partial charge in [-0.3, -0.25) is 4.79 Å². The quantitative estimate of drug-likeness (QED) is 0.672. The Hall–Kier alpha value is -3.35. The average Bonchev–Trinajstić information content (AvgIpc) is 3.41. The lowest BCUT2D eigenvalue weighted by atomic mass is 10.2. The summed E-state index contributed by atoms with van der Waals surface area (Å²) in [4.78, 5) is 24.5. The van der Waals surface area contributed by atoms with Crippen molar-refractivity contribution in [2.45, 2.75) is 39.7 Å². The monoisotopic (exact) mass is 393 g/mol. The zero-order chi connectivity index (χ0) is 20.5. The Labute approximate surface area is 168 Å². The maximum absolute atomic E-state index is 12.8. The first-order valence-electron chi connectivity index (χ1n) is 9.61. The van der Waals surface area contributed by atoms with E-state index in [0.29, 0.717) is 22.8 Å². The van der Waals surface area contributed by atoms with E-state index in [0.717, 1.165) is 36.2 Å². The molecule has 0 spiro atoms. The first-order valence-corrected chi connectivity index (χ1v) is 9.61. The maximum atomic E-state index is 12.8. The number of carbonyl (C=O) groups is 2. The molecule has 7 heteroatoms. The molecule has 1 aromatic carbocycles. The number of nitrogens with one attached hydrogen (secondary N) is 1. The van der Waals surface area contributed by atoms with E-state index in [1.807, 2.05) is 35.9 Å². The van der Waals surface area contributed by atoms with Crippen molar-refractivity contribution in [3.8, 4) is 5.69 Å². The average molecular weight is 393 g/mol. The van der Waals surface area contributed by atoms with Crippen molar-refractivity contribution in [3.63, 3.8) is 0 Å². The zero-order valence-corrected chi connectivity index (χ0v) is 16.7. The second kappa shape index (κ2) is 7.58. The minimum absolute atomic E-state index is 0.169. The van der Waals surface area contributed by atoms with Gasteiger partial charge < -0.3 is 14.5 Å². The number of furan rings is 1. The fourth-order valence-corrected chi connectivity index (χ4v) is 3.71. The van der Waals surface area contributed by atoms with Crippen LogP contribution in [-0.4, -0.2) is 28.8 Å². The molecule has 2 heterocycles. The van der Waals surface area contributed by atoms with Gasteiger partial charge in [0.25, 0.3) is 5.91 Å². The molecule has 1 amide bonds. The number of aryl methyl sites for hydroxylation is 2. The summed E-state index contributed by atoms with van der Waals surface area (Å²) in [5.41, 5.74) is 5.05. The Morgan fingerprint density at radius 3 is 2.69 bits per heavy atom. The SMILES string of the molecule is COC(=O)c1cc(CNC(=O)c2nn(-c3ccc(C)cc3)c3c2CCC3)oc1C. The van der Waals surface area contributed by atoms with E-state index in [1.54, 1.807) is 13.0 Å². The zero-order valence-electron chi connectivity index (χ0n) is 16.7. The van der Waals surface area contributed by atoms with Crippen LogP contribution in [0, 0.1) is 13.8 Å². The molecular formula is C22H23N3O4. The Kier molecular flexibility index (Phi) is 4.96. The predicted molar refractivity (Wildman–Crippen MR) is 106 cm³/mol. The van der Waals surface area contributed by atoms with E-state index in [4.69, 9.17) is 9.15 Å². The van der Waals surface area contributed by atoms with Crippen molar-refractivity contribution < 1.29 is 18.7 Å². The fourth-order valence-electron chi connectivity index (χ4n) is 3.71. The van der Waals surface area contributed by atoms with Gasteiger partial charge in [-0.15, -0.1) is 0 Å². The molecular weight excluding hydrogens is 370 g/mol. The number of fused-ring (bicyclic) bond motifs is 1. The maximum Gasteiger partial charge on any atom is 0.341 e. The van der Waals surface area contributed by atoms with Gasteiger partial charge in [0.15, 0.2) is 5.69 Å². The number of carbonyl (C=O) groups excluding carboxylic acids is 2. The molecule has 0 saturated carbocycles. The van der Waals surface area contributed by atoms with Crippen LogP contribution in [0.15, 0.2) is 34.7 Å². The van der Waals surface area contributed by atoms with Crippen molar-refractivity contribution in [2.75, 3.05) is 7.11 Å². The van der Waals surface area contributed by atoms with Crippen molar-refractivity contribution in [3.05, 3.63) is 69.9 Å². The molecule has 7 nitrogen and oxygen atoms in total. The van der Waals surface area contributed by atoms with Gasteiger partial charge in [0, 0.05) is 11.3 Å². The van der Waals surface area contributed by atoms with Gasteiger partial charge in [-0.25, -0.2) is 9.48 Å². The fraction of sp³-hybridized carbons (Fsp3) is 0.318. The van der Waals surface area contributed by atoms with Crippen LogP contribution in [0.5, 0.6) is 0 Å². The summed E-state index contributed by atoms with van der Waals surface area (Å²) >= 11 is 0. The van der Waals surface area contributed by atoms with Crippen LogP contribution in [0.1, 0.15) is 55.6 Å². The van der Waals surface area contributed by atoms with Gasteiger partial charge in [0.1, 0.15) is 17.1 Å². The van der Waals surface area contributed by atoms with Crippen LogP contribution in [0.3, 0.4) is 0 Å². The first-order chi connectivity index (χ1) is 14.0. The predicted octanol–water partition coefficient (Wildman–Crippen LogP) is 3.29. The minimum atomic E-state index is -0.460. The van der Waals surface area contributed by atoms with Crippen molar-refractivity contribution in [1.29, 1.82) is 0 Å². The molecule has 0 fully saturated rings. The van der Waals surface area contributed by atoms with Gasteiger partial charge in [-0.2, -0.15) is 5.10 Å². The molecule has 0 saturated heterocycles. The molecule has 3 aromatic rings. The number of benzene rings is 1. The van der Waals surface area contributed by atoms with Crippen molar-refractivity contribution in [1.82, 2.24) is 15.1 Å². The number of ether oxygens (including phenoxy) is 1. The molecule has 0 bridgehead atoms. The van der Waals surface area contributed by atoms with E-state index in [9.17, 15) is 9.59 Å². The first kappa shape index (κ1) is 19.0. The molecule has 4 rings (SSSR count). The molecule has 0 unspecified atom stereocenters. The molecule has 0 aliphatic heterocycles. The highest BCUT2D eigenvalue weighted by Gasteiger charge is 2.27. The van der Waals surface area contributed by atoms with E-state index in [1.165, 1.54) is 12.7 Å². The molecule has 0 atom stereocenters. The number of aromatic nitrogens is 2. The molecule has 150 valence electrons. The highest BCUT2D eigenvalue weighted by molar-refractivity contribution is 5.94. The molecule has 1 aliphatic carbocycles. The number of esters is 1. The van der Waals surface area contributed by atoms with E-state index >= 15 is 0 Å². The van der Waals surface area contributed by atoms with Crippen LogP contribution in [-0.2, 0) is 24.1 Å². The van der Waals surface area contributed by atoms with Gasteiger partial charge in [0.05, 0.1) is 19.3 Å². The Morgan fingerprint density at radius 2 is 1.97 bits per heavy atom. The number of amides is 1. The summed E-state index contributed by atoms with van der Waals surface area (Å²) < 4.78 is 12.2. The minimum Gasteiger partial charge on any atom is -0.465 e. The summed E-state index contributed by atoms with van der Waals surface area (Å²) in [7, 11) is 1.32. The number of hydrogen-bond acceptors (Lipinski definition) is 5. The Morgan fingerprint density at radius 1 is 1.21 bits per heavy atom. The third kappa shape index (κ3) is 3.55. The van der Waals surface area contributed by atoms with Crippen molar-refractivity contribution >= 4 is 11.9 Å². The normalized spacial score (nSPS) is 12.7. The Bertz CT molecular complexity index is 1080. The smallest absolute Gasteiger partial charge is 0.341 e. The number of rotatable bonds is 5. The van der Waals surface area contributed by atoms with E-state index in [-0.39, 0.29) is 12.5 Å². The van der Waals surface area contributed by atoms with Crippen LogP contribution in [0.25, 0.3) is 5.69 Å². The lowest BCUT2D eigenvalue weighted by Crippen LogP contribution is -2.24. The second-order valence-electron chi connectivity index (χ2n) is 7.23. The van der Waals surface area contributed by atoms with Crippen LogP contribution < -0.4 is 5.32 Å². The summed E-state index contributed by atoms with van der Waals surface area (Å²) in [5.74, 6) is 0.248. The standard InChI is InChI=1S/C22H23N3O4/c1-13-7-9-15(10-8-13)25-19-6-4-5-17(19)20(24-25)21(26)23-12-16-11-18(14(2)29-16)22(27)28-3/h7-11H,4-6,12H2,1-3H3,(H,23,26). The van der Waals surface area contributed by atoms with Gasteiger partial charge in [-0.1, -0.05) is 17.7 Å². The topological polar surface area (TPSA) is 86.4 Å². The largest absolute Gasteiger partial charge is 0.465 e. The lowest BCUT2D eigenvalue weighted by Gasteiger charge is -2.06. The highest BCUT2D eigenvalue weighted by atomic mass is 16.5. The van der Waals surface area contributed by atoms with Gasteiger partial charge in [0.2, 0.25) is 0 Å². The van der Waals surface area contributed by atoms with Gasteiger partial charge >= 0.3 is 5.97 Å². The molecule has 1 aliphatic rings. The van der Waals surface area contributed by atoms with E-state index in [2.05, 4.69) is 10.4 Å². The summed E-state index contributed by atoms with van der Waals surface area (Å²) in [6.07, 6.45) is 2.76. The summed E-state index contributed by atoms with van der Waals surface area (Å²) in [6.45, 7) is 3.90. The molecule has 1 N–H and O–H groups in total. The van der Waals surface area contributed by atoms with Crippen LogP contribution in [0.4, 0.5) is 0 Å². The van der Waals surface area contributed by atoms with Crippen molar-refractivity contribution in [2.24, 2.45) is 0 Å². The number of methoxy groups -OCH3 is 1. The van der Waals surface area contributed by atoms with E-state index < -0.39 is 5.97 Å². The van der Waals surface area contributed by atoms with Gasteiger partial charge in [-0.05, 0) is 51.3 Å². The number of nitrogens with zero attached hydrogens (tertiary/aromatic N) is 2. The second-order valence-corrected chi connectivity index (χ2v) is 7.23. The molecule has 2 aromatic heterocycles. The molecule has 29 heavy (non-hydrogen) atoms. The summed E-state index contributed by atoms with van der Waals surface area (Å²) in [5, 5.41) is 7.46. The summed E-state index contributed by atoms with van der Waals surface area (Å²) in [6, 6.07) is 9.70. The highest BCUT2D eigenvalue weighted by Crippen LogP contribution is 2.28. The Balaban J connectivity index is 1.55. The lowest BCUT2D eigenvalue weighted by molar-refractivity contribution is 0.0598. The van der Waals surface area contributed by atoms with Crippen LogP contribution >= 0.6 is 0 Å². The third-order valence-electron chi connectivity index (χ3n) is 5.22. The van der Waals surface area contributed by atoms with Crippen LogP contribution in [0.2, 0.25) is 0 Å².